The number of likely N-dealkylation sites (tertiary alicyclic amines) is 1. The van der Waals surface area contributed by atoms with E-state index >= 15 is 0 Å². The minimum absolute atomic E-state index is 0.0479. The van der Waals surface area contributed by atoms with E-state index in [4.69, 9.17) is 5.26 Å². The Kier molecular flexibility index (Phi) is 7.02. The summed E-state index contributed by atoms with van der Waals surface area (Å²) in [5, 5.41) is 8.94. The number of amides is 2. The molecule has 2 aromatic carbocycles. The summed E-state index contributed by atoms with van der Waals surface area (Å²) < 4.78 is 0. The van der Waals surface area contributed by atoms with Crippen LogP contribution in [0.1, 0.15) is 36.5 Å². The van der Waals surface area contributed by atoms with Gasteiger partial charge in [-0.3, -0.25) is 9.59 Å². The van der Waals surface area contributed by atoms with Crippen molar-refractivity contribution in [2.75, 3.05) is 19.6 Å². The average molecular weight is 389 g/mol. The second-order valence-electron chi connectivity index (χ2n) is 7.54. The van der Waals surface area contributed by atoms with E-state index in [0.717, 1.165) is 18.4 Å². The molecule has 1 fully saturated rings. The maximum Gasteiger partial charge on any atom is 0.228 e. The Morgan fingerprint density at radius 2 is 1.86 bits per heavy atom. The molecule has 1 heterocycles. The Morgan fingerprint density at radius 3 is 2.52 bits per heavy atom. The van der Waals surface area contributed by atoms with Crippen LogP contribution in [-0.4, -0.2) is 41.2 Å². The Morgan fingerprint density at radius 1 is 1.14 bits per heavy atom. The van der Waals surface area contributed by atoms with Crippen LogP contribution in [0.4, 0.5) is 0 Å². The van der Waals surface area contributed by atoms with Gasteiger partial charge in [0, 0.05) is 32.6 Å². The number of nitrogens with zero attached hydrogens (tertiary/aromatic N) is 3. The third-order valence-electron chi connectivity index (χ3n) is 5.34. The zero-order valence-corrected chi connectivity index (χ0v) is 16.9. The molecule has 0 bridgehead atoms. The van der Waals surface area contributed by atoms with Crippen molar-refractivity contribution < 1.29 is 9.59 Å². The van der Waals surface area contributed by atoms with Crippen molar-refractivity contribution in [3.05, 3.63) is 71.3 Å². The van der Waals surface area contributed by atoms with Gasteiger partial charge in [-0.1, -0.05) is 49.4 Å². The van der Waals surface area contributed by atoms with Crippen molar-refractivity contribution in [2.45, 2.75) is 32.7 Å². The van der Waals surface area contributed by atoms with E-state index in [1.54, 1.807) is 12.1 Å². The third kappa shape index (κ3) is 5.45. The summed E-state index contributed by atoms with van der Waals surface area (Å²) in [5.41, 5.74) is 2.80. The molecule has 0 aromatic heterocycles. The predicted octanol–water partition coefficient (Wildman–Crippen LogP) is 3.39. The quantitative estimate of drug-likeness (QED) is 0.695. The zero-order valence-electron chi connectivity index (χ0n) is 16.9. The predicted molar refractivity (Wildman–Crippen MR) is 112 cm³/mol. The Bertz CT molecular complexity index is 871. The van der Waals surface area contributed by atoms with Gasteiger partial charge in [0.05, 0.1) is 17.6 Å². The van der Waals surface area contributed by atoms with E-state index in [9.17, 15) is 9.59 Å². The van der Waals surface area contributed by atoms with Crippen molar-refractivity contribution in [3.63, 3.8) is 0 Å². The summed E-state index contributed by atoms with van der Waals surface area (Å²) in [6, 6.07) is 19.5. The molecule has 1 atom stereocenters. The fraction of sp³-hybridized carbons (Fsp3) is 0.375. The lowest BCUT2D eigenvalue weighted by molar-refractivity contribution is -0.136. The topological polar surface area (TPSA) is 64.4 Å². The lowest BCUT2D eigenvalue weighted by Crippen LogP contribution is -2.37. The van der Waals surface area contributed by atoms with Gasteiger partial charge >= 0.3 is 0 Å². The minimum atomic E-state index is -0.275. The Labute approximate surface area is 172 Å². The molecule has 29 heavy (non-hydrogen) atoms. The molecule has 0 radical (unpaired) electrons. The first-order valence-corrected chi connectivity index (χ1v) is 10.2. The number of hydrogen-bond donors (Lipinski definition) is 0. The van der Waals surface area contributed by atoms with Gasteiger partial charge in [0.15, 0.2) is 0 Å². The molecular formula is C24H27N3O2. The number of nitriles is 1. The lowest BCUT2D eigenvalue weighted by Gasteiger charge is -2.25. The number of hydrogen-bond acceptors (Lipinski definition) is 3. The smallest absolute Gasteiger partial charge is 0.228 e. The van der Waals surface area contributed by atoms with Crippen LogP contribution in [0.5, 0.6) is 0 Å². The summed E-state index contributed by atoms with van der Waals surface area (Å²) >= 11 is 0. The average Bonchev–Trinajstić information content (AvgIpc) is 3.13. The van der Waals surface area contributed by atoms with Crippen LogP contribution in [0, 0.1) is 17.2 Å². The molecule has 2 amide bonds. The van der Waals surface area contributed by atoms with E-state index in [2.05, 4.69) is 18.2 Å². The first-order valence-electron chi connectivity index (χ1n) is 10.2. The molecule has 0 spiro atoms. The number of rotatable bonds is 8. The second-order valence-corrected chi connectivity index (χ2v) is 7.54. The maximum atomic E-state index is 13.1. The van der Waals surface area contributed by atoms with Crippen molar-refractivity contribution in [2.24, 2.45) is 5.92 Å². The van der Waals surface area contributed by atoms with Crippen LogP contribution in [-0.2, 0) is 22.6 Å². The fourth-order valence-corrected chi connectivity index (χ4v) is 3.76. The van der Waals surface area contributed by atoms with Gasteiger partial charge < -0.3 is 9.80 Å². The van der Waals surface area contributed by atoms with Crippen molar-refractivity contribution in [1.29, 1.82) is 5.26 Å². The van der Waals surface area contributed by atoms with Crippen LogP contribution in [0.15, 0.2) is 54.6 Å². The molecule has 2 aromatic rings. The molecular weight excluding hydrogens is 362 g/mol. The zero-order chi connectivity index (χ0) is 20.6. The van der Waals surface area contributed by atoms with Gasteiger partial charge in [0.25, 0.3) is 0 Å². The number of benzene rings is 2. The molecule has 5 nitrogen and oxygen atoms in total. The van der Waals surface area contributed by atoms with Gasteiger partial charge in [-0.25, -0.2) is 0 Å². The summed E-state index contributed by atoms with van der Waals surface area (Å²) in [5.74, 6) is -0.163. The van der Waals surface area contributed by atoms with E-state index < -0.39 is 0 Å². The third-order valence-corrected chi connectivity index (χ3v) is 5.34. The molecule has 1 aliphatic rings. The Balaban J connectivity index is 1.60. The highest BCUT2D eigenvalue weighted by atomic mass is 16.2. The molecule has 1 saturated heterocycles. The molecule has 0 saturated carbocycles. The normalized spacial score (nSPS) is 15.9. The first kappa shape index (κ1) is 20.6. The first-order chi connectivity index (χ1) is 14.1. The van der Waals surface area contributed by atoms with Crippen LogP contribution in [0.3, 0.4) is 0 Å². The van der Waals surface area contributed by atoms with Crippen LogP contribution in [0.2, 0.25) is 0 Å². The molecule has 3 rings (SSSR count). The van der Waals surface area contributed by atoms with Gasteiger partial charge in [-0.15, -0.1) is 0 Å². The van der Waals surface area contributed by atoms with Crippen molar-refractivity contribution >= 4 is 11.8 Å². The summed E-state index contributed by atoms with van der Waals surface area (Å²) in [6.45, 7) is 4.36. The van der Waals surface area contributed by atoms with Crippen LogP contribution in [0.25, 0.3) is 0 Å². The fourth-order valence-electron chi connectivity index (χ4n) is 3.76. The maximum absolute atomic E-state index is 13.1. The van der Waals surface area contributed by atoms with Crippen LogP contribution >= 0.6 is 0 Å². The largest absolute Gasteiger partial charge is 0.342 e. The summed E-state index contributed by atoms with van der Waals surface area (Å²) in [7, 11) is 0. The molecule has 150 valence electrons. The van der Waals surface area contributed by atoms with Crippen molar-refractivity contribution in [1.82, 2.24) is 9.80 Å². The van der Waals surface area contributed by atoms with E-state index in [-0.39, 0.29) is 17.7 Å². The molecule has 1 aliphatic heterocycles. The van der Waals surface area contributed by atoms with Gasteiger partial charge in [-0.05, 0) is 36.1 Å². The SMILES string of the molecule is CCCN(Cc1ccc(C#N)cc1)C(=O)C1CC(=O)N(CCc2ccccc2)C1. The highest BCUT2D eigenvalue weighted by Gasteiger charge is 2.36. The summed E-state index contributed by atoms with van der Waals surface area (Å²) in [4.78, 5) is 29.2. The Hall–Kier alpha value is -3.13. The van der Waals surface area contributed by atoms with Gasteiger partial charge in [0.1, 0.15) is 0 Å². The highest BCUT2D eigenvalue weighted by Crippen LogP contribution is 2.22. The van der Waals surface area contributed by atoms with E-state index in [0.29, 0.717) is 38.2 Å². The molecule has 5 heteroatoms. The van der Waals surface area contributed by atoms with E-state index in [1.807, 2.05) is 47.1 Å². The molecule has 0 aliphatic carbocycles. The highest BCUT2D eigenvalue weighted by molar-refractivity contribution is 5.89. The minimum Gasteiger partial charge on any atom is -0.342 e. The van der Waals surface area contributed by atoms with Crippen LogP contribution < -0.4 is 0 Å². The second kappa shape index (κ2) is 9.88. The van der Waals surface area contributed by atoms with E-state index in [1.165, 1.54) is 5.56 Å². The summed E-state index contributed by atoms with van der Waals surface area (Å²) in [6.07, 6.45) is 1.96. The standard InChI is InChI=1S/C24H27N3O2/c1-2-13-27(17-21-10-8-20(16-25)9-11-21)24(29)22-15-23(28)26(18-22)14-12-19-6-4-3-5-7-19/h3-11,22H,2,12-15,17-18H2,1H3. The lowest BCUT2D eigenvalue weighted by atomic mass is 10.1. The number of carbonyl (C=O) groups is 2. The van der Waals surface area contributed by atoms with Gasteiger partial charge in [-0.2, -0.15) is 5.26 Å². The van der Waals surface area contributed by atoms with Crippen molar-refractivity contribution in [3.8, 4) is 6.07 Å². The molecule has 0 N–H and O–H groups in total. The molecule has 1 unspecified atom stereocenters. The van der Waals surface area contributed by atoms with Gasteiger partial charge in [0.2, 0.25) is 11.8 Å². The monoisotopic (exact) mass is 389 g/mol. The number of carbonyl (C=O) groups excluding carboxylic acids is 2.